The third-order valence-electron chi connectivity index (χ3n) is 4.21. The van der Waals surface area contributed by atoms with Crippen molar-refractivity contribution < 1.29 is 9.59 Å². The summed E-state index contributed by atoms with van der Waals surface area (Å²) >= 11 is 13.6. The average Bonchev–Trinajstić information content (AvgIpc) is 3.07. The van der Waals surface area contributed by atoms with Crippen LogP contribution in [0, 0.1) is 0 Å². The lowest BCUT2D eigenvalue weighted by Gasteiger charge is -2.31. The van der Waals surface area contributed by atoms with E-state index in [1.807, 2.05) is 4.90 Å². The molecule has 4 nitrogen and oxygen atoms in total. The summed E-state index contributed by atoms with van der Waals surface area (Å²) in [6, 6.07) is 5.17. The van der Waals surface area contributed by atoms with E-state index in [-0.39, 0.29) is 12.3 Å². The molecule has 1 aliphatic rings. The predicted molar refractivity (Wildman–Crippen MR) is 96.2 cm³/mol. The van der Waals surface area contributed by atoms with Crippen molar-refractivity contribution >= 4 is 46.7 Å². The number of carbonyl (C=O) groups excluding carboxylic acids is 2. The minimum Gasteiger partial charge on any atom is -0.342 e. The van der Waals surface area contributed by atoms with Crippen LogP contribution in [0.25, 0.3) is 0 Å². The van der Waals surface area contributed by atoms with Crippen molar-refractivity contribution in [3.8, 4) is 0 Å². The van der Waals surface area contributed by atoms with Crippen LogP contribution < -0.4 is 0 Å². The molecule has 0 atom stereocenters. The normalized spacial score (nSPS) is 15.5. The molecule has 1 fully saturated rings. The number of piperidine rings is 1. The van der Waals surface area contributed by atoms with E-state index >= 15 is 0 Å². The number of benzene rings is 1. The number of hydrogen-bond donors (Lipinski definition) is 0. The van der Waals surface area contributed by atoms with E-state index in [1.54, 1.807) is 23.6 Å². The number of amides is 1. The molecule has 1 aromatic heterocycles. The highest BCUT2D eigenvalue weighted by Gasteiger charge is 2.26. The lowest BCUT2D eigenvalue weighted by atomic mass is 9.97. The van der Waals surface area contributed by atoms with Crippen molar-refractivity contribution in [3.63, 3.8) is 0 Å². The lowest BCUT2D eigenvalue weighted by molar-refractivity contribution is -0.131. The number of thiazole rings is 1. The molecule has 126 valence electrons. The van der Waals surface area contributed by atoms with Crippen LogP contribution in [-0.4, -0.2) is 35.2 Å². The first-order chi connectivity index (χ1) is 11.6. The van der Waals surface area contributed by atoms with E-state index < -0.39 is 0 Å². The molecule has 0 saturated carbocycles. The zero-order chi connectivity index (χ0) is 17.1. The largest absolute Gasteiger partial charge is 0.342 e. The van der Waals surface area contributed by atoms with Gasteiger partial charge in [0.1, 0.15) is 5.69 Å². The van der Waals surface area contributed by atoms with Gasteiger partial charge in [0.2, 0.25) is 5.91 Å². The van der Waals surface area contributed by atoms with Gasteiger partial charge >= 0.3 is 0 Å². The van der Waals surface area contributed by atoms with Crippen LogP contribution in [0.2, 0.25) is 10.0 Å². The highest BCUT2D eigenvalue weighted by atomic mass is 35.5. The molecule has 0 bridgehead atoms. The van der Waals surface area contributed by atoms with Gasteiger partial charge in [0.15, 0.2) is 6.29 Å². The standard InChI is InChI=1S/C17H16Cl2N2O2S/c18-13-1-2-15(19)12(7-13)8-16(23)21-5-3-11(4-6-21)17-20-14(9-22)10-24-17/h1-2,7,9-11H,3-6,8H2. The fourth-order valence-corrected chi connectivity index (χ4v) is 4.19. The molecule has 24 heavy (non-hydrogen) atoms. The summed E-state index contributed by atoms with van der Waals surface area (Å²) in [6.45, 7) is 1.38. The van der Waals surface area contributed by atoms with Crippen LogP contribution in [-0.2, 0) is 11.2 Å². The summed E-state index contributed by atoms with van der Waals surface area (Å²) in [5, 5.41) is 3.91. The molecule has 2 aromatic rings. The molecule has 1 amide bonds. The second kappa shape index (κ2) is 7.64. The number of carbonyl (C=O) groups is 2. The van der Waals surface area contributed by atoms with Crippen LogP contribution in [0.4, 0.5) is 0 Å². The summed E-state index contributed by atoms with van der Waals surface area (Å²) in [6.07, 6.45) is 2.76. The SMILES string of the molecule is O=Cc1csc(C2CCN(C(=O)Cc3cc(Cl)ccc3Cl)CC2)n1. The second-order valence-corrected chi connectivity index (χ2v) is 7.53. The fourth-order valence-electron chi connectivity index (χ4n) is 2.87. The number of rotatable bonds is 4. The minimum atomic E-state index is 0.0605. The maximum atomic E-state index is 12.5. The monoisotopic (exact) mass is 382 g/mol. The number of halogens is 2. The topological polar surface area (TPSA) is 50.3 Å². The van der Waals surface area contributed by atoms with Crippen LogP contribution in [0.3, 0.4) is 0 Å². The van der Waals surface area contributed by atoms with Gasteiger partial charge in [0.05, 0.1) is 11.4 Å². The lowest BCUT2D eigenvalue weighted by Crippen LogP contribution is -2.38. The van der Waals surface area contributed by atoms with Crippen LogP contribution in [0.5, 0.6) is 0 Å². The molecule has 0 unspecified atom stereocenters. The Balaban J connectivity index is 1.58. The molecule has 0 radical (unpaired) electrons. The molecule has 0 N–H and O–H groups in total. The molecule has 1 saturated heterocycles. The number of likely N-dealkylation sites (tertiary alicyclic amines) is 1. The first-order valence-electron chi connectivity index (χ1n) is 7.69. The Labute approximate surface area is 154 Å². The Hall–Kier alpha value is -1.43. The molecule has 0 aliphatic carbocycles. The molecule has 1 aliphatic heterocycles. The van der Waals surface area contributed by atoms with Gasteiger partial charge in [0.25, 0.3) is 0 Å². The van der Waals surface area contributed by atoms with Crippen molar-refractivity contribution in [2.45, 2.75) is 25.2 Å². The molecule has 3 rings (SSSR count). The number of aromatic nitrogens is 1. The third kappa shape index (κ3) is 3.97. The van der Waals surface area contributed by atoms with E-state index in [4.69, 9.17) is 23.2 Å². The van der Waals surface area contributed by atoms with Gasteiger partial charge in [0, 0.05) is 34.4 Å². The Morgan fingerprint density at radius 2 is 2.08 bits per heavy atom. The first-order valence-corrected chi connectivity index (χ1v) is 9.32. The van der Waals surface area contributed by atoms with Crippen molar-refractivity contribution in [1.29, 1.82) is 0 Å². The molecule has 2 heterocycles. The van der Waals surface area contributed by atoms with E-state index in [0.717, 1.165) is 29.7 Å². The first kappa shape index (κ1) is 17.4. The highest BCUT2D eigenvalue weighted by Crippen LogP contribution is 2.30. The molecule has 7 heteroatoms. The van der Waals surface area contributed by atoms with Gasteiger partial charge in [-0.25, -0.2) is 4.98 Å². The van der Waals surface area contributed by atoms with Crippen LogP contribution >= 0.6 is 34.5 Å². The minimum absolute atomic E-state index is 0.0605. The maximum Gasteiger partial charge on any atom is 0.227 e. The van der Waals surface area contributed by atoms with E-state index in [9.17, 15) is 9.59 Å². The Kier molecular flexibility index (Phi) is 5.54. The van der Waals surface area contributed by atoms with E-state index in [0.29, 0.717) is 34.7 Å². The second-order valence-electron chi connectivity index (χ2n) is 5.80. The molecule has 0 spiro atoms. The van der Waals surface area contributed by atoms with E-state index in [2.05, 4.69) is 4.98 Å². The Morgan fingerprint density at radius 3 is 2.75 bits per heavy atom. The van der Waals surface area contributed by atoms with Gasteiger partial charge in [-0.2, -0.15) is 0 Å². The molecule has 1 aromatic carbocycles. The number of aldehydes is 1. The molecular formula is C17H16Cl2N2O2S. The van der Waals surface area contributed by atoms with Gasteiger partial charge < -0.3 is 4.90 Å². The van der Waals surface area contributed by atoms with Crippen molar-refractivity contribution in [2.24, 2.45) is 0 Å². The zero-order valence-electron chi connectivity index (χ0n) is 12.9. The fraction of sp³-hybridized carbons (Fsp3) is 0.353. The third-order valence-corrected chi connectivity index (χ3v) is 5.84. The average molecular weight is 383 g/mol. The van der Waals surface area contributed by atoms with E-state index in [1.165, 1.54) is 11.3 Å². The zero-order valence-corrected chi connectivity index (χ0v) is 15.2. The summed E-state index contributed by atoms with van der Waals surface area (Å²) in [5.74, 6) is 0.382. The van der Waals surface area contributed by atoms with Gasteiger partial charge in [-0.1, -0.05) is 23.2 Å². The summed E-state index contributed by atoms with van der Waals surface area (Å²) in [4.78, 5) is 29.4. The quantitative estimate of drug-likeness (QED) is 0.744. The van der Waals surface area contributed by atoms with Crippen molar-refractivity contribution in [2.75, 3.05) is 13.1 Å². The summed E-state index contributed by atoms with van der Waals surface area (Å²) < 4.78 is 0. The summed E-state index contributed by atoms with van der Waals surface area (Å²) in [5.41, 5.74) is 1.25. The van der Waals surface area contributed by atoms with Crippen molar-refractivity contribution in [1.82, 2.24) is 9.88 Å². The van der Waals surface area contributed by atoms with Gasteiger partial charge in [-0.15, -0.1) is 11.3 Å². The van der Waals surface area contributed by atoms with Crippen LogP contribution in [0.1, 0.15) is 39.8 Å². The predicted octanol–water partition coefficient (Wildman–Crippen LogP) is 4.21. The number of nitrogens with zero attached hydrogens (tertiary/aromatic N) is 2. The van der Waals surface area contributed by atoms with Crippen molar-refractivity contribution in [3.05, 3.63) is 49.9 Å². The summed E-state index contributed by atoms with van der Waals surface area (Å²) in [7, 11) is 0. The van der Waals surface area contributed by atoms with Gasteiger partial charge in [-0.05, 0) is 36.6 Å². The Bertz CT molecular complexity index is 755. The van der Waals surface area contributed by atoms with Crippen LogP contribution in [0.15, 0.2) is 23.6 Å². The number of hydrogen-bond acceptors (Lipinski definition) is 4. The molecular weight excluding hydrogens is 367 g/mol. The maximum absolute atomic E-state index is 12.5. The van der Waals surface area contributed by atoms with Gasteiger partial charge in [-0.3, -0.25) is 9.59 Å². The Morgan fingerprint density at radius 1 is 1.33 bits per heavy atom. The highest BCUT2D eigenvalue weighted by molar-refractivity contribution is 7.09. The smallest absolute Gasteiger partial charge is 0.227 e.